The summed E-state index contributed by atoms with van der Waals surface area (Å²) < 4.78 is 5.80. The number of piperidine rings is 2. The highest BCUT2D eigenvalue weighted by Gasteiger charge is 2.72. The molecule has 2 aliphatic heterocycles. The van der Waals surface area contributed by atoms with Crippen molar-refractivity contribution in [2.45, 2.75) is 39.2 Å². The van der Waals surface area contributed by atoms with Crippen LogP contribution in [0.4, 0.5) is 0 Å². The lowest BCUT2D eigenvalue weighted by Gasteiger charge is -2.24. The van der Waals surface area contributed by atoms with Gasteiger partial charge in [-0.2, -0.15) is 0 Å². The van der Waals surface area contributed by atoms with Gasteiger partial charge in [0.25, 0.3) is 0 Å². The molecular formula is C15H24N2O3. The van der Waals surface area contributed by atoms with Crippen LogP contribution in [0.3, 0.4) is 0 Å². The van der Waals surface area contributed by atoms with Crippen LogP contribution in [0.15, 0.2) is 0 Å². The van der Waals surface area contributed by atoms with E-state index in [0.717, 1.165) is 32.4 Å². The van der Waals surface area contributed by atoms with E-state index in [2.05, 4.69) is 5.32 Å². The van der Waals surface area contributed by atoms with Crippen LogP contribution >= 0.6 is 0 Å². The predicted molar refractivity (Wildman–Crippen MR) is 73.9 cm³/mol. The number of nitrogens with zero attached hydrogens (tertiary/aromatic N) is 1. The van der Waals surface area contributed by atoms with Crippen molar-refractivity contribution >= 4 is 11.8 Å². The number of carbonyl (C=O) groups excluding carboxylic acids is 2. The largest absolute Gasteiger partial charge is 0.378 e. The Bertz CT molecular complexity index is 391. The molecule has 2 amide bonds. The molecule has 3 fully saturated rings. The highest BCUT2D eigenvalue weighted by Crippen LogP contribution is 2.63. The van der Waals surface area contributed by atoms with Crippen molar-refractivity contribution in [2.24, 2.45) is 17.3 Å². The molecule has 1 N–H and O–H groups in total. The second kappa shape index (κ2) is 5.11. The number of imide groups is 1. The number of carbonyl (C=O) groups is 2. The average Bonchev–Trinajstić information content (AvgIpc) is 2.90. The van der Waals surface area contributed by atoms with Gasteiger partial charge in [-0.15, -0.1) is 0 Å². The Morgan fingerprint density at radius 2 is 1.80 bits per heavy atom. The normalized spacial score (nSPS) is 32.6. The molecule has 0 aromatic rings. The first-order chi connectivity index (χ1) is 9.53. The van der Waals surface area contributed by atoms with Gasteiger partial charge in [0, 0.05) is 13.2 Å². The molecule has 0 aromatic heterocycles. The lowest BCUT2D eigenvalue weighted by molar-refractivity contribution is -0.143. The highest BCUT2D eigenvalue weighted by molar-refractivity contribution is 6.10. The van der Waals surface area contributed by atoms with Gasteiger partial charge in [0.2, 0.25) is 11.8 Å². The molecule has 0 aromatic carbocycles. The highest BCUT2D eigenvalue weighted by atomic mass is 16.5. The summed E-state index contributed by atoms with van der Waals surface area (Å²) in [6.07, 6.45) is 3.20. The molecule has 0 bridgehead atoms. The van der Waals surface area contributed by atoms with E-state index in [1.807, 2.05) is 13.8 Å². The van der Waals surface area contributed by atoms with E-state index in [1.54, 1.807) is 0 Å². The Labute approximate surface area is 120 Å². The molecule has 2 unspecified atom stereocenters. The third-order valence-electron chi connectivity index (χ3n) is 5.06. The number of hydrogen-bond donors (Lipinski definition) is 1. The summed E-state index contributed by atoms with van der Waals surface area (Å²) in [6, 6.07) is 0. The fraction of sp³-hybridized carbons (Fsp3) is 0.867. The third kappa shape index (κ3) is 2.27. The van der Waals surface area contributed by atoms with Gasteiger partial charge in [-0.3, -0.25) is 14.5 Å². The van der Waals surface area contributed by atoms with E-state index < -0.39 is 0 Å². The summed E-state index contributed by atoms with van der Waals surface area (Å²) in [4.78, 5) is 25.7. The van der Waals surface area contributed by atoms with Crippen molar-refractivity contribution in [1.29, 1.82) is 0 Å². The van der Waals surface area contributed by atoms with Gasteiger partial charge in [0.1, 0.15) is 0 Å². The number of fused-ring (bicyclic) bond motifs is 1. The fourth-order valence-electron chi connectivity index (χ4n) is 3.66. The van der Waals surface area contributed by atoms with Gasteiger partial charge in [-0.25, -0.2) is 0 Å². The Kier molecular flexibility index (Phi) is 3.58. The molecule has 5 heteroatoms. The summed E-state index contributed by atoms with van der Waals surface area (Å²) in [5.74, 6) is -0.0422. The summed E-state index contributed by atoms with van der Waals surface area (Å²) in [7, 11) is 0. The smallest absolute Gasteiger partial charge is 0.233 e. The molecule has 2 atom stereocenters. The van der Waals surface area contributed by atoms with E-state index in [9.17, 15) is 9.59 Å². The van der Waals surface area contributed by atoms with Gasteiger partial charge in [0.05, 0.1) is 17.9 Å². The average molecular weight is 280 g/mol. The predicted octanol–water partition coefficient (Wildman–Crippen LogP) is 0.786. The van der Waals surface area contributed by atoms with E-state index in [1.165, 1.54) is 4.90 Å². The van der Waals surface area contributed by atoms with Crippen molar-refractivity contribution in [3.05, 3.63) is 0 Å². The van der Waals surface area contributed by atoms with Gasteiger partial charge in [-0.1, -0.05) is 13.8 Å². The topological polar surface area (TPSA) is 58.6 Å². The Hall–Kier alpha value is -0.940. The first kappa shape index (κ1) is 14.0. The number of hydrogen-bond acceptors (Lipinski definition) is 4. The molecule has 0 radical (unpaired) electrons. The van der Waals surface area contributed by atoms with Crippen LogP contribution < -0.4 is 5.32 Å². The first-order valence-corrected chi connectivity index (χ1v) is 7.71. The lowest BCUT2D eigenvalue weighted by Crippen LogP contribution is -2.37. The Morgan fingerprint density at radius 1 is 1.20 bits per heavy atom. The molecule has 1 aliphatic carbocycles. The monoisotopic (exact) mass is 280 g/mol. The zero-order valence-corrected chi connectivity index (χ0v) is 12.4. The van der Waals surface area contributed by atoms with Crippen molar-refractivity contribution in [3.63, 3.8) is 0 Å². The molecule has 0 spiro atoms. The molecule has 20 heavy (non-hydrogen) atoms. The summed E-state index contributed by atoms with van der Waals surface area (Å²) in [6.45, 7) is 7.22. The first-order valence-electron chi connectivity index (χ1n) is 7.71. The second-order valence-corrected chi connectivity index (χ2v) is 6.78. The standard InChI is InChI=1S/C15H24N2O3/c1-15(2)11-12(15)14(19)17(13(11)18)8-3-9-20-10-4-6-16-7-5-10/h10-12,16H,3-9H2,1-2H3. The second-order valence-electron chi connectivity index (χ2n) is 6.78. The minimum Gasteiger partial charge on any atom is -0.378 e. The number of nitrogens with one attached hydrogen (secondary N) is 1. The maximum atomic E-state index is 12.1. The maximum absolute atomic E-state index is 12.1. The minimum atomic E-state index is -0.101. The number of rotatable bonds is 5. The zero-order valence-electron chi connectivity index (χ0n) is 12.4. The van der Waals surface area contributed by atoms with E-state index in [0.29, 0.717) is 19.3 Å². The van der Waals surface area contributed by atoms with Crippen LogP contribution in [0.1, 0.15) is 33.1 Å². The molecular weight excluding hydrogens is 256 g/mol. The zero-order chi connectivity index (χ0) is 14.3. The van der Waals surface area contributed by atoms with Gasteiger partial charge >= 0.3 is 0 Å². The van der Waals surface area contributed by atoms with Crippen LogP contribution in [0.25, 0.3) is 0 Å². The maximum Gasteiger partial charge on any atom is 0.233 e. The molecule has 3 aliphatic rings. The van der Waals surface area contributed by atoms with Gasteiger partial charge in [-0.05, 0) is 37.8 Å². The quantitative estimate of drug-likeness (QED) is 0.597. The van der Waals surface area contributed by atoms with E-state index in [-0.39, 0.29) is 29.1 Å². The number of amides is 2. The Balaban J connectivity index is 1.39. The fourth-order valence-corrected chi connectivity index (χ4v) is 3.66. The van der Waals surface area contributed by atoms with Crippen molar-refractivity contribution in [1.82, 2.24) is 10.2 Å². The van der Waals surface area contributed by atoms with Crippen LogP contribution in [-0.2, 0) is 14.3 Å². The summed E-state index contributed by atoms with van der Waals surface area (Å²) >= 11 is 0. The van der Waals surface area contributed by atoms with Crippen LogP contribution in [-0.4, -0.2) is 49.1 Å². The molecule has 1 saturated carbocycles. The lowest BCUT2D eigenvalue weighted by atomic mass is 10.1. The van der Waals surface area contributed by atoms with Crippen molar-refractivity contribution < 1.29 is 14.3 Å². The number of likely N-dealkylation sites (tertiary alicyclic amines) is 1. The van der Waals surface area contributed by atoms with Crippen LogP contribution in [0.2, 0.25) is 0 Å². The molecule has 5 nitrogen and oxygen atoms in total. The third-order valence-corrected chi connectivity index (χ3v) is 5.06. The van der Waals surface area contributed by atoms with Crippen molar-refractivity contribution in [2.75, 3.05) is 26.2 Å². The van der Waals surface area contributed by atoms with Gasteiger partial charge < -0.3 is 10.1 Å². The molecule has 2 saturated heterocycles. The van der Waals surface area contributed by atoms with Crippen LogP contribution in [0.5, 0.6) is 0 Å². The molecule has 3 rings (SSSR count). The minimum absolute atomic E-state index is 0.0341. The Morgan fingerprint density at radius 3 is 2.40 bits per heavy atom. The van der Waals surface area contributed by atoms with E-state index >= 15 is 0 Å². The number of ether oxygens (including phenoxy) is 1. The van der Waals surface area contributed by atoms with Crippen LogP contribution in [0, 0.1) is 17.3 Å². The summed E-state index contributed by atoms with van der Waals surface area (Å²) in [5, 5.41) is 3.30. The molecule has 112 valence electrons. The van der Waals surface area contributed by atoms with Gasteiger partial charge in [0.15, 0.2) is 0 Å². The summed E-state index contributed by atoms with van der Waals surface area (Å²) in [5.41, 5.74) is -0.101. The SMILES string of the molecule is CC1(C)C2C(=O)N(CCCOC3CCNCC3)C(=O)C21. The molecule has 2 heterocycles. The van der Waals surface area contributed by atoms with Crippen molar-refractivity contribution in [3.8, 4) is 0 Å². The van der Waals surface area contributed by atoms with E-state index in [4.69, 9.17) is 4.74 Å².